The van der Waals surface area contributed by atoms with Crippen LogP contribution in [0.4, 0.5) is 0 Å². The summed E-state index contributed by atoms with van der Waals surface area (Å²) in [6.45, 7) is 0. The fraction of sp³-hybridized carbons (Fsp3) is 0. The van der Waals surface area contributed by atoms with E-state index in [4.69, 9.17) is 0 Å². The average molecular weight is 139 g/mol. The highest BCUT2D eigenvalue weighted by Crippen LogP contribution is 1.91. The molecular formula is CHNO3S2. The van der Waals surface area contributed by atoms with Crippen molar-refractivity contribution >= 4 is 21.2 Å². The molecule has 0 radical (unpaired) electrons. The third-order valence-corrected chi connectivity index (χ3v) is 1.33. The zero-order chi connectivity index (χ0) is 5.11. The summed E-state index contributed by atoms with van der Waals surface area (Å²) in [5.74, 6) is -0.705. The highest BCUT2D eigenvalue weighted by atomic mass is 32.9. The minimum Gasteiger partial charge on any atom is -0.319 e. The van der Waals surface area contributed by atoms with E-state index < -0.39 is 5.82 Å². The third-order valence-electron chi connectivity index (χ3n) is 0.295. The van der Waals surface area contributed by atoms with E-state index in [1.54, 1.807) is 0 Å². The van der Waals surface area contributed by atoms with Gasteiger partial charge in [-0.15, -0.1) is 0 Å². The van der Waals surface area contributed by atoms with Crippen LogP contribution in [0.2, 0.25) is 0 Å². The molecule has 0 aliphatic heterocycles. The van der Waals surface area contributed by atoms with Crippen LogP contribution in [-0.4, -0.2) is 4.55 Å². The molecule has 1 N–H and O–H groups in total. The van der Waals surface area contributed by atoms with Gasteiger partial charge in [0.1, 0.15) is 10.6 Å². The van der Waals surface area contributed by atoms with E-state index >= 15 is 0 Å². The molecule has 1 heterocycles. The molecule has 1 aromatic rings. The molecule has 0 saturated heterocycles. The van der Waals surface area contributed by atoms with Crippen molar-refractivity contribution in [2.24, 2.45) is 0 Å². The lowest BCUT2D eigenvalue weighted by Crippen LogP contribution is -1.90. The van der Waals surface area contributed by atoms with Crippen molar-refractivity contribution in [1.82, 2.24) is 4.55 Å². The number of hydrogen-bond donors (Lipinski definition) is 1. The molecule has 7 heavy (non-hydrogen) atoms. The molecule has 0 bridgehead atoms. The summed E-state index contributed by atoms with van der Waals surface area (Å²) in [6, 6.07) is 0. The first kappa shape index (κ1) is 4.66. The summed E-state index contributed by atoms with van der Waals surface area (Å²) in [4.78, 5) is 9.92. The van der Waals surface area contributed by atoms with E-state index in [9.17, 15) is 4.79 Å². The molecule has 0 atom stereocenters. The van der Waals surface area contributed by atoms with Crippen molar-refractivity contribution in [2.75, 3.05) is 0 Å². The summed E-state index contributed by atoms with van der Waals surface area (Å²) in [7, 11) is 2.03. The average Bonchev–Trinajstić information content (AvgIpc) is 1.69. The predicted octanol–water partition coefficient (Wildman–Crippen LogP) is 0.808. The molecule has 6 heteroatoms. The van der Waals surface area contributed by atoms with Gasteiger partial charge in [-0.2, -0.15) is 9.34 Å². The Morgan fingerprint density at radius 3 is 2.86 bits per heavy atom. The number of aromatic nitrogens is 1. The molecular weight excluding hydrogens is 138 g/mol. The van der Waals surface area contributed by atoms with Gasteiger partial charge in [0.2, 0.25) is 0 Å². The van der Waals surface area contributed by atoms with Gasteiger partial charge >= 0.3 is 5.82 Å². The monoisotopic (exact) mass is 139 g/mol. The summed E-state index contributed by atoms with van der Waals surface area (Å²) < 4.78 is 10.6. The normalized spacial score (nSPS) is 8.57. The Kier molecular flexibility index (Phi) is 1.32. The Bertz CT molecular complexity index is 179. The van der Waals surface area contributed by atoms with Gasteiger partial charge in [0, 0.05) is 0 Å². The molecule has 0 aliphatic rings. The summed E-state index contributed by atoms with van der Waals surface area (Å²) in [5.41, 5.74) is 0. The standard InChI is InChI=1S/CHNO3S2/c3-1-4-2-6-7-5-1/h2H. The maximum absolute atomic E-state index is 9.92. The van der Waals surface area contributed by atoms with E-state index in [0.717, 1.165) is 21.2 Å². The largest absolute Gasteiger partial charge is 0.552 e. The first-order chi connectivity index (χ1) is 3.39. The van der Waals surface area contributed by atoms with Crippen LogP contribution in [0.3, 0.4) is 0 Å². The lowest BCUT2D eigenvalue weighted by atomic mass is 11.6. The summed E-state index contributed by atoms with van der Waals surface area (Å²) in [5, 5.41) is 0. The van der Waals surface area contributed by atoms with Crippen LogP contribution in [0.5, 0.6) is 0 Å². The first-order valence-electron chi connectivity index (χ1n) is 1.35. The van der Waals surface area contributed by atoms with Crippen molar-refractivity contribution in [3.05, 3.63) is 10.6 Å². The topological polar surface area (TPSA) is 59.1 Å². The van der Waals surface area contributed by atoms with Crippen molar-refractivity contribution in [2.45, 2.75) is 0 Å². The Balaban J connectivity index is 3.28. The highest BCUT2D eigenvalue weighted by Gasteiger charge is 1.77. The van der Waals surface area contributed by atoms with Gasteiger partial charge in [0.05, 0.1) is 10.5 Å². The van der Waals surface area contributed by atoms with Crippen molar-refractivity contribution in [1.29, 1.82) is 0 Å². The molecule has 0 aliphatic carbocycles. The van der Waals surface area contributed by atoms with Gasteiger partial charge in [0.25, 0.3) is 0 Å². The molecule has 40 valence electrons. The van der Waals surface area contributed by atoms with E-state index in [-0.39, 0.29) is 0 Å². The van der Waals surface area contributed by atoms with Crippen LogP contribution < -0.4 is 5.82 Å². The Hall–Kier alpha value is -0.490. The third kappa shape index (κ3) is 1.20. The zero-order valence-corrected chi connectivity index (χ0v) is 4.67. The fourth-order valence-corrected chi connectivity index (χ4v) is 0.834. The fourth-order valence-electron chi connectivity index (χ4n) is 0.127. The molecule has 1 aromatic heterocycles. The van der Waals surface area contributed by atoms with E-state index in [0.29, 0.717) is 0 Å². The molecule has 0 amide bonds. The van der Waals surface area contributed by atoms with E-state index in [2.05, 4.69) is 12.9 Å². The second-order valence-electron chi connectivity index (χ2n) is 0.670. The van der Waals surface area contributed by atoms with Gasteiger partial charge in [-0.3, -0.25) is 4.52 Å². The van der Waals surface area contributed by atoms with Crippen LogP contribution >= 0.6 is 21.2 Å². The SMILES string of the molecule is O=c1o[nH]sso1. The maximum atomic E-state index is 9.92. The number of H-pyrrole nitrogens is 1. The quantitative estimate of drug-likeness (QED) is 0.541. The molecule has 0 unspecified atom stereocenters. The van der Waals surface area contributed by atoms with Gasteiger partial charge in [0.15, 0.2) is 0 Å². The van der Waals surface area contributed by atoms with Gasteiger partial charge < -0.3 is 3.85 Å². The van der Waals surface area contributed by atoms with Crippen molar-refractivity contribution in [3.8, 4) is 0 Å². The Labute approximate surface area is 45.4 Å². The highest BCUT2D eigenvalue weighted by molar-refractivity contribution is 7.62. The number of nitrogens with one attached hydrogen (secondary N) is 1. The van der Waals surface area contributed by atoms with Crippen LogP contribution in [0.1, 0.15) is 0 Å². The van der Waals surface area contributed by atoms with Crippen LogP contribution in [-0.2, 0) is 0 Å². The number of rotatable bonds is 0. The minimum absolute atomic E-state index is 0.705. The van der Waals surface area contributed by atoms with Crippen LogP contribution in [0, 0.1) is 0 Å². The second kappa shape index (κ2) is 1.99. The number of aromatic amines is 1. The molecule has 0 fully saturated rings. The summed E-state index contributed by atoms with van der Waals surface area (Å²) >= 11 is 0. The smallest absolute Gasteiger partial charge is 0.319 e. The molecule has 1 rings (SSSR count). The molecule has 4 nitrogen and oxygen atoms in total. The van der Waals surface area contributed by atoms with Gasteiger partial charge in [-0.25, -0.2) is 0 Å². The Morgan fingerprint density at radius 1 is 1.71 bits per heavy atom. The molecule has 0 spiro atoms. The van der Waals surface area contributed by atoms with Crippen molar-refractivity contribution < 1.29 is 8.37 Å². The van der Waals surface area contributed by atoms with Crippen LogP contribution in [0.15, 0.2) is 13.2 Å². The maximum Gasteiger partial charge on any atom is 0.552 e. The van der Waals surface area contributed by atoms with E-state index in [1.165, 1.54) is 0 Å². The minimum atomic E-state index is -0.705. The predicted molar refractivity (Wildman–Crippen MR) is 25.0 cm³/mol. The molecule has 0 saturated carbocycles. The second-order valence-corrected chi connectivity index (χ2v) is 2.21. The van der Waals surface area contributed by atoms with E-state index in [1.807, 2.05) is 0 Å². The lowest BCUT2D eigenvalue weighted by molar-refractivity contribution is 0.302. The van der Waals surface area contributed by atoms with Crippen LogP contribution in [0.25, 0.3) is 0 Å². The number of hydrogen-bond acceptors (Lipinski definition) is 5. The van der Waals surface area contributed by atoms with Gasteiger partial charge in [-0.1, -0.05) is 0 Å². The lowest BCUT2D eigenvalue weighted by Gasteiger charge is -1.71. The summed E-state index contributed by atoms with van der Waals surface area (Å²) in [6.07, 6.45) is 0. The first-order valence-corrected chi connectivity index (χ1v) is 3.43. The zero-order valence-electron chi connectivity index (χ0n) is 3.04. The Morgan fingerprint density at radius 2 is 2.57 bits per heavy atom. The van der Waals surface area contributed by atoms with Crippen molar-refractivity contribution in [3.63, 3.8) is 0 Å². The molecule has 0 aromatic carbocycles. The van der Waals surface area contributed by atoms with Gasteiger partial charge in [-0.05, 0) is 0 Å².